The van der Waals surface area contributed by atoms with Gasteiger partial charge < -0.3 is 9.80 Å². The van der Waals surface area contributed by atoms with E-state index in [0.29, 0.717) is 11.3 Å². The van der Waals surface area contributed by atoms with Crippen molar-refractivity contribution in [1.29, 1.82) is 0 Å². The van der Waals surface area contributed by atoms with Gasteiger partial charge in [0.05, 0.1) is 0 Å². The van der Waals surface area contributed by atoms with Crippen LogP contribution in [0.4, 0.5) is 0 Å². The summed E-state index contributed by atoms with van der Waals surface area (Å²) in [7, 11) is 0. The van der Waals surface area contributed by atoms with Crippen LogP contribution < -0.4 is 0 Å². The number of piperazine rings is 1. The summed E-state index contributed by atoms with van der Waals surface area (Å²) in [5.41, 5.74) is 3.21. The molecule has 0 bridgehead atoms. The van der Waals surface area contributed by atoms with E-state index in [1.807, 2.05) is 0 Å². The molecule has 184 valence electrons. The van der Waals surface area contributed by atoms with Crippen LogP contribution in [0.2, 0.25) is 0 Å². The van der Waals surface area contributed by atoms with E-state index in [-0.39, 0.29) is 5.92 Å². The van der Waals surface area contributed by atoms with Gasteiger partial charge in [0.2, 0.25) is 5.91 Å². The third kappa shape index (κ3) is 5.70. The maximum Gasteiger partial charge on any atom is 0.225 e. The summed E-state index contributed by atoms with van der Waals surface area (Å²) in [4.78, 5) is 17.9. The largest absolute Gasteiger partial charge is 0.371 e. The van der Waals surface area contributed by atoms with Gasteiger partial charge in [-0.05, 0) is 94.3 Å². The highest BCUT2D eigenvalue weighted by molar-refractivity contribution is 5.79. The number of nitrogens with zero attached hydrogens (tertiary/aromatic N) is 2. The number of allylic oxidation sites excluding steroid dienone is 2. The Balaban J connectivity index is 1.04. The van der Waals surface area contributed by atoms with Gasteiger partial charge in [0.25, 0.3) is 0 Å². The van der Waals surface area contributed by atoms with Gasteiger partial charge in [0.15, 0.2) is 0 Å². The molecule has 33 heavy (non-hydrogen) atoms. The van der Waals surface area contributed by atoms with E-state index in [9.17, 15) is 4.79 Å². The fourth-order valence-corrected chi connectivity index (χ4v) is 7.32. The van der Waals surface area contributed by atoms with Crippen LogP contribution in [0, 0.1) is 35.0 Å². The summed E-state index contributed by atoms with van der Waals surface area (Å²) in [5, 5.41) is 0. The van der Waals surface area contributed by atoms with Gasteiger partial charge in [0.1, 0.15) is 0 Å². The predicted molar refractivity (Wildman–Crippen MR) is 137 cm³/mol. The predicted octanol–water partition coefficient (Wildman–Crippen LogP) is 6.80. The van der Waals surface area contributed by atoms with Crippen molar-refractivity contribution < 1.29 is 4.79 Å². The van der Waals surface area contributed by atoms with Crippen LogP contribution in [-0.2, 0) is 4.79 Å². The molecule has 3 nitrogen and oxygen atoms in total. The molecule has 0 aromatic carbocycles. The summed E-state index contributed by atoms with van der Waals surface area (Å²) in [6, 6.07) is 0. The van der Waals surface area contributed by atoms with Crippen LogP contribution in [-0.4, -0.2) is 41.9 Å². The first kappa shape index (κ1) is 23.5. The zero-order valence-electron chi connectivity index (χ0n) is 21.3. The van der Waals surface area contributed by atoms with E-state index in [1.165, 1.54) is 88.3 Å². The number of carbonyl (C=O) groups excluding carboxylic acids is 1. The highest BCUT2D eigenvalue weighted by Crippen LogP contribution is 2.52. The molecule has 1 saturated heterocycles. The molecule has 0 aromatic heterocycles. The summed E-state index contributed by atoms with van der Waals surface area (Å²) in [6.45, 7) is 14.9. The molecule has 0 radical (unpaired) electrons. The summed E-state index contributed by atoms with van der Waals surface area (Å²) < 4.78 is 0. The molecule has 3 heteroatoms. The van der Waals surface area contributed by atoms with E-state index in [0.717, 1.165) is 62.7 Å². The summed E-state index contributed by atoms with van der Waals surface area (Å²) in [6.07, 6.45) is 18.6. The Morgan fingerprint density at radius 3 is 2.06 bits per heavy atom. The van der Waals surface area contributed by atoms with Gasteiger partial charge in [-0.15, -0.1) is 0 Å². The first-order valence-electron chi connectivity index (χ1n) is 14.3. The molecule has 4 aliphatic carbocycles. The lowest BCUT2D eigenvalue weighted by Crippen LogP contribution is -2.50. The molecule has 1 amide bonds. The van der Waals surface area contributed by atoms with Crippen molar-refractivity contribution in [3.05, 3.63) is 24.4 Å². The van der Waals surface area contributed by atoms with Crippen molar-refractivity contribution in [2.45, 2.75) is 96.8 Å². The van der Waals surface area contributed by atoms with Crippen LogP contribution >= 0.6 is 0 Å². The number of hydrogen-bond donors (Lipinski definition) is 0. The average molecular weight is 453 g/mol. The molecule has 5 aliphatic rings. The second-order valence-corrected chi connectivity index (χ2v) is 12.8. The zero-order chi connectivity index (χ0) is 23.0. The quantitative estimate of drug-likeness (QED) is 0.378. The molecule has 4 saturated carbocycles. The topological polar surface area (TPSA) is 23.6 Å². The lowest BCUT2D eigenvalue weighted by atomic mass is 9.67. The number of hydrogen-bond acceptors (Lipinski definition) is 2. The van der Waals surface area contributed by atoms with Crippen molar-refractivity contribution in [3.63, 3.8) is 0 Å². The van der Waals surface area contributed by atoms with Gasteiger partial charge in [-0.25, -0.2) is 0 Å². The van der Waals surface area contributed by atoms with Gasteiger partial charge in [-0.3, -0.25) is 4.79 Å². The van der Waals surface area contributed by atoms with E-state index >= 15 is 0 Å². The molecule has 0 aromatic rings. The molecule has 0 N–H and O–H groups in total. The molecule has 1 aliphatic heterocycles. The lowest BCUT2D eigenvalue weighted by molar-refractivity contribution is -0.138. The maximum absolute atomic E-state index is 13.3. The highest BCUT2D eigenvalue weighted by atomic mass is 16.2. The fraction of sp³-hybridized carbons (Fsp3) is 0.833. The smallest absolute Gasteiger partial charge is 0.225 e. The van der Waals surface area contributed by atoms with Crippen molar-refractivity contribution in [1.82, 2.24) is 9.80 Å². The van der Waals surface area contributed by atoms with Gasteiger partial charge in [-0.1, -0.05) is 44.9 Å². The van der Waals surface area contributed by atoms with Crippen molar-refractivity contribution in [2.75, 3.05) is 26.2 Å². The van der Waals surface area contributed by atoms with Crippen LogP contribution in [0.15, 0.2) is 24.4 Å². The first-order valence-corrected chi connectivity index (χ1v) is 14.3. The van der Waals surface area contributed by atoms with Crippen LogP contribution in [0.25, 0.3) is 0 Å². The Kier molecular flexibility index (Phi) is 6.96. The van der Waals surface area contributed by atoms with Crippen LogP contribution in [0.5, 0.6) is 0 Å². The molecule has 2 unspecified atom stereocenters. The van der Waals surface area contributed by atoms with E-state index < -0.39 is 0 Å². The second kappa shape index (κ2) is 9.78. The maximum atomic E-state index is 13.3. The summed E-state index contributed by atoms with van der Waals surface area (Å²) >= 11 is 0. The highest BCUT2D eigenvalue weighted by Gasteiger charge is 2.43. The minimum Gasteiger partial charge on any atom is -0.371 e. The van der Waals surface area contributed by atoms with Crippen LogP contribution in [0.1, 0.15) is 96.8 Å². The summed E-state index contributed by atoms with van der Waals surface area (Å²) in [5.74, 6) is 4.38. The van der Waals surface area contributed by atoms with Crippen molar-refractivity contribution in [3.8, 4) is 0 Å². The molecular formula is C30H48N2O. The normalized spacial score (nSPS) is 34.1. The van der Waals surface area contributed by atoms with Gasteiger partial charge in [0, 0.05) is 43.2 Å². The third-order valence-electron chi connectivity index (χ3n) is 10.1. The first-order chi connectivity index (χ1) is 15.9. The molecule has 5 rings (SSSR count). The Morgan fingerprint density at radius 1 is 0.788 bits per heavy atom. The van der Waals surface area contributed by atoms with Gasteiger partial charge in [-0.2, -0.15) is 0 Å². The van der Waals surface area contributed by atoms with Crippen LogP contribution in [0.3, 0.4) is 0 Å². The Hall–Kier alpha value is -1.25. The minimum absolute atomic E-state index is 0.287. The second-order valence-electron chi connectivity index (χ2n) is 12.8. The molecule has 1 heterocycles. The number of amides is 1. The van der Waals surface area contributed by atoms with Crippen molar-refractivity contribution in [2.24, 2.45) is 35.0 Å². The average Bonchev–Trinajstić information content (AvgIpc) is 3.77. The van der Waals surface area contributed by atoms with E-state index in [1.54, 1.807) is 0 Å². The monoisotopic (exact) mass is 452 g/mol. The lowest BCUT2D eigenvalue weighted by Gasteiger charge is -2.42. The van der Waals surface area contributed by atoms with E-state index in [4.69, 9.17) is 0 Å². The SMILES string of the molecule is C=C(CC1CC1)CC1CCCC(C2CCC(C(=O)N3CCN(C(=C)C4(C)CC4)CC3)CC2)C1. The Labute approximate surface area is 203 Å². The van der Waals surface area contributed by atoms with Gasteiger partial charge >= 0.3 is 0 Å². The molecular weight excluding hydrogens is 404 g/mol. The zero-order valence-corrected chi connectivity index (χ0v) is 21.3. The number of rotatable bonds is 8. The Bertz CT molecular complexity index is 732. The third-order valence-corrected chi connectivity index (χ3v) is 10.1. The molecule has 5 fully saturated rings. The van der Waals surface area contributed by atoms with E-state index in [2.05, 4.69) is 29.9 Å². The minimum atomic E-state index is 0.287. The van der Waals surface area contributed by atoms with Crippen molar-refractivity contribution >= 4 is 5.91 Å². The number of carbonyl (C=O) groups is 1. The Morgan fingerprint density at radius 2 is 1.42 bits per heavy atom. The fourth-order valence-electron chi connectivity index (χ4n) is 7.32. The molecule has 0 spiro atoms. The molecule has 2 atom stereocenters. The standard InChI is InChI=1S/C30H48N2O/c1-22(19-24-7-8-24)20-25-5-4-6-28(21-25)26-9-11-27(12-10-26)29(33)32-17-15-31(16-18-32)23(2)30(3)13-14-30/h24-28H,1-2,4-21H2,3H3.